The van der Waals surface area contributed by atoms with E-state index in [1.54, 1.807) is 14.0 Å². The smallest absolute Gasteiger partial charge is 0.290 e. The normalized spacial score (nSPS) is 17.3. The average molecular weight is 361 g/mol. The highest BCUT2D eigenvalue weighted by atomic mass is 16.5. The van der Waals surface area contributed by atoms with Crippen molar-refractivity contribution in [2.45, 2.75) is 33.2 Å². The fraction of sp³-hybridized carbons (Fsp3) is 0.500. The van der Waals surface area contributed by atoms with Gasteiger partial charge in [-0.25, -0.2) is 0 Å². The van der Waals surface area contributed by atoms with Crippen LogP contribution in [0.25, 0.3) is 0 Å². The van der Waals surface area contributed by atoms with Crippen molar-refractivity contribution in [1.29, 1.82) is 0 Å². The topological polar surface area (TPSA) is 76.1 Å². The van der Waals surface area contributed by atoms with Crippen molar-refractivity contribution >= 4 is 11.7 Å². The van der Waals surface area contributed by atoms with Gasteiger partial charge in [-0.05, 0) is 23.6 Å². The minimum atomic E-state index is -0.632. The first-order valence-electron chi connectivity index (χ1n) is 8.89. The third kappa shape index (κ3) is 4.25. The lowest BCUT2D eigenvalue weighted by Gasteiger charge is -2.26. The molecule has 6 heteroatoms. The number of carbonyl (C=O) groups is 2. The maximum absolute atomic E-state index is 12.5. The number of rotatable bonds is 9. The minimum Gasteiger partial charge on any atom is -0.503 e. The van der Waals surface area contributed by atoms with E-state index in [-0.39, 0.29) is 24.3 Å². The highest BCUT2D eigenvalue weighted by molar-refractivity contribution is 6.08. The van der Waals surface area contributed by atoms with Crippen LogP contribution in [0.3, 0.4) is 0 Å². The fourth-order valence-electron chi connectivity index (χ4n) is 2.93. The molecule has 1 aromatic rings. The molecule has 1 heterocycles. The van der Waals surface area contributed by atoms with Crippen LogP contribution >= 0.6 is 0 Å². The molecule has 26 heavy (non-hydrogen) atoms. The maximum Gasteiger partial charge on any atom is 0.290 e. The van der Waals surface area contributed by atoms with Crippen molar-refractivity contribution in [2.24, 2.45) is 5.92 Å². The molecule has 6 nitrogen and oxygen atoms in total. The average Bonchev–Trinajstić information content (AvgIpc) is 2.88. The van der Waals surface area contributed by atoms with E-state index in [0.717, 1.165) is 5.56 Å². The molecule has 1 atom stereocenters. The molecule has 1 aromatic carbocycles. The van der Waals surface area contributed by atoms with Crippen LogP contribution in [0, 0.1) is 5.92 Å². The maximum atomic E-state index is 12.5. The summed E-state index contributed by atoms with van der Waals surface area (Å²) < 4.78 is 10.8. The largest absolute Gasteiger partial charge is 0.503 e. The Hall–Kier alpha value is -2.34. The highest BCUT2D eigenvalue weighted by Gasteiger charge is 2.42. The molecule has 0 fully saturated rings. The first kappa shape index (κ1) is 20.0. The van der Waals surface area contributed by atoms with E-state index in [0.29, 0.717) is 24.9 Å². The molecule has 0 saturated heterocycles. The van der Waals surface area contributed by atoms with E-state index in [1.165, 1.54) is 4.90 Å². The van der Waals surface area contributed by atoms with Crippen LogP contribution in [0.5, 0.6) is 5.75 Å². The van der Waals surface area contributed by atoms with Gasteiger partial charge in [-0.3, -0.25) is 9.59 Å². The summed E-state index contributed by atoms with van der Waals surface area (Å²) in [6, 6.07) is 6.69. The Labute approximate surface area is 154 Å². The summed E-state index contributed by atoms with van der Waals surface area (Å²) in [6.07, 6.45) is 0.213. The summed E-state index contributed by atoms with van der Waals surface area (Å²) in [5, 5.41) is 10.3. The Balaban J connectivity index is 2.41. The van der Waals surface area contributed by atoms with Crippen LogP contribution in [-0.2, 0) is 14.3 Å². The molecule has 0 aliphatic carbocycles. The van der Waals surface area contributed by atoms with Crippen LogP contribution in [0.15, 0.2) is 35.6 Å². The number of hydrogen-bond donors (Lipinski definition) is 1. The second-order valence-electron chi connectivity index (χ2n) is 6.71. The number of nitrogens with zero attached hydrogens (tertiary/aromatic N) is 1. The van der Waals surface area contributed by atoms with E-state index in [9.17, 15) is 14.7 Å². The first-order chi connectivity index (χ1) is 12.4. The van der Waals surface area contributed by atoms with E-state index >= 15 is 0 Å². The summed E-state index contributed by atoms with van der Waals surface area (Å²) in [5.41, 5.74) is 0.881. The summed E-state index contributed by atoms with van der Waals surface area (Å²) >= 11 is 0. The molecule has 1 N–H and O–H groups in total. The zero-order valence-electron chi connectivity index (χ0n) is 15.8. The zero-order valence-corrected chi connectivity index (χ0v) is 15.8. The Bertz CT molecular complexity index is 695. The summed E-state index contributed by atoms with van der Waals surface area (Å²) in [6.45, 7) is 7.00. The molecular weight excluding hydrogens is 334 g/mol. The lowest BCUT2D eigenvalue weighted by Crippen LogP contribution is -2.34. The van der Waals surface area contributed by atoms with Crippen LogP contribution in [-0.4, -0.2) is 48.6 Å². The molecule has 0 spiro atoms. The number of ketones is 1. The number of Topliss-reactive ketones (excluding diaryl/α,β-unsaturated/α-hetero) is 1. The number of amides is 1. The number of benzene rings is 1. The molecule has 1 aliphatic rings. The second-order valence-corrected chi connectivity index (χ2v) is 6.71. The molecule has 0 bridgehead atoms. The molecule has 1 unspecified atom stereocenters. The lowest BCUT2D eigenvalue weighted by molar-refractivity contribution is -0.130. The number of carbonyl (C=O) groups excluding carboxylic acids is 2. The Morgan fingerprint density at radius 2 is 2.08 bits per heavy atom. The predicted molar refractivity (Wildman–Crippen MR) is 98.1 cm³/mol. The number of methoxy groups -OCH3 is 1. The molecule has 2 rings (SSSR count). The van der Waals surface area contributed by atoms with Gasteiger partial charge in [-0.1, -0.05) is 32.9 Å². The first-order valence-corrected chi connectivity index (χ1v) is 8.89. The van der Waals surface area contributed by atoms with Crippen LogP contribution in [0.4, 0.5) is 0 Å². The van der Waals surface area contributed by atoms with Gasteiger partial charge >= 0.3 is 0 Å². The van der Waals surface area contributed by atoms with Crippen molar-refractivity contribution in [1.82, 2.24) is 4.90 Å². The van der Waals surface area contributed by atoms with Gasteiger partial charge < -0.3 is 19.5 Å². The molecule has 0 aromatic heterocycles. The predicted octanol–water partition coefficient (Wildman–Crippen LogP) is 3.04. The van der Waals surface area contributed by atoms with Crippen molar-refractivity contribution in [3.63, 3.8) is 0 Å². The van der Waals surface area contributed by atoms with E-state index in [1.807, 2.05) is 24.3 Å². The summed E-state index contributed by atoms with van der Waals surface area (Å²) in [7, 11) is 1.54. The monoisotopic (exact) mass is 361 g/mol. The second kappa shape index (κ2) is 8.85. The molecule has 142 valence electrons. The van der Waals surface area contributed by atoms with Gasteiger partial charge in [0.25, 0.3) is 5.91 Å². The molecule has 0 radical (unpaired) electrons. The zero-order chi connectivity index (χ0) is 19.3. The van der Waals surface area contributed by atoms with E-state index < -0.39 is 17.7 Å². The Morgan fingerprint density at radius 1 is 1.35 bits per heavy atom. The van der Waals surface area contributed by atoms with Gasteiger partial charge in [0.1, 0.15) is 5.75 Å². The quantitative estimate of drug-likeness (QED) is 0.732. The van der Waals surface area contributed by atoms with Gasteiger partial charge in [0, 0.05) is 20.1 Å². The molecule has 1 aliphatic heterocycles. The summed E-state index contributed by atoms with van der Waals surface area (Å²) in [5.74, 6) is -0.200. The number of aliphatic hydroxyl groups is 1. The SMILES string of the molecule is CCC(=O)C1=C(O)C(=O)N(CCOC)C1c1cccc(OCC(C)C)c1. The van der Waals surface area contributed by atoms with Gasteiger partial charge in [-0.15, -0.1) is 0 Å². The number of ether oxygens (including phenoxy) is 2. The Morgan fingerprint density at radius 3 is 2.69 bits per heavy atom. The van der Waals surface area contributed by atoms with Gasteiger partial charge in [0.2, 0.25) is 0 Å². The Kier molecular flexibility index (Phi) is 6.80. The number of hydrogen-bond acceptors (Lipinski definition) is 5. The van der Waals surface area contributed by atoms with Crippen molar-refractivity contribution in [3.05, 3.63) is 41.2 Å². The summed E-state index contributed by atoms with van der Waals surface area (Å²) in [4.78, 5) is 26.4. The van der Waals surface area contributed by atoms with Crippen molar-refractivity contribution in [2.75, 3.05) is 26.9 Å². The van der Waals surface area contributed by atoms with Crippen LogP contribution < -0.4 is 4.74 Å². The molecule has 1 amide bonds. The van der Waals surface area contributed by atoms with Gasteiger partial charge in [0.05, 0.1) is 24.8 Å². The minimum absolute atomic E-state index is 0.148. The molecular formula is C20H27NO5. The van der Waals surface area contributed by atoms with E-state index in [4.69, 9.17) is 9.47 Å². The number of aliphatic hydroxyl groups excluding tert-OH is 1. The third-order valence-corrected chi connectivity index (χ3v) is 4.22. The highest BCUT2D eigenvalue weighted by Crippen LogP contribution is 2.38. The van der Waals surface area contributed by atoms with Gasteiger partial charge in [0.15, 0.2) is 11.5 Å². The van der Waals surface area contributed by atoms with Crippen LogP contribution in [0.2, 0.25) is 0 Å². The third-order valence-electron chi connectivity index (χ3n) is 4.22. The van der Waals surface area contributed by atoms with Crippen molar-refractivity contribution in [3.8, 4) is 5.75 Å². The van der Waals surface area contributed by atoms with Crippen molar-refractivity contribution < 1.29 is 24.2 Å². The van der Waals surface area contributed by atoms with E-state index in [2.05, 4.69) is 13.8 Å². The van der Waals surface area contributed by atoms with Gasteiger partial charge in [-0.2, -0.15) is 0 Å². The lowest BCUT2D eigenvalue weighted by atomic mass is 9.95. The van der Waals surface area contributed by atoms with Crippen LogP contribution in [0.1, 0.15) is 38.8 Å². The fourth-order valence-corrected chi connectivity index (χ4v) is 2.93. The standard InChI is InChI=1S/C20H27NO5/c1-5-16(22)17-18(21(9-10-25-4)20(24)19(17)23)14-7-6-8-15(11-14)26-12-13(2)3/h6-8,11,13,18,23H,5,9-10,12H2,1-4H3. The molecule has 0 saturated carbocycles.